The fraction of sp³-hybridized carbons (Fsp3) is 0.188. The van der Waals surface area contributed by atoms with E-state index in [1.165, 1.54) is 6.07 Å². The van der Waals surface area contributed by atoms with Crippen LogP contribution in [0.1, 0.15) is 29.3 Å². The Morgan fingerprint density at radius 2 is 1.89 bits per heavy atom. The maximum Gasteiger partial charge on any atom is 0.196 e. The molecule has 0 saturated heterocycles. The Morgan fingerprint density at radius 1 is 1.16 bits per heavy atom. The van der Waals surface area contributed by atoms with Gasteiger partial charge in [-0.1, -0.05) is 37.3 Å². The second kappa shape index (κ2) is 6.05. The van der Waals surface area contributed by atoms with Gasteiger partial charge in [0.05, 0.1) is 12.2 Å². The van der Waals surface area contributed by atoms with Crippen LogP contribution in [0.5, 0.6) is 11.5 Å². The first kappa shape index (κ1) is 13.1. The predicted octanol–water partition coefficient (Wildman–Crippen LogP) is 3.41. The maximum atomic E-state index is 12.2. The van der Waals surface area contributed by atoms with Crippen LogP contribution in [0.15, 0.2) is 48.5 Å². The molecule has 2 rings (SSSR count). The quantitative estimate of drug-likeness (QED) is 0.834. The van der Waals surface area contributed by atoms with Crippen molar-refractivity contribution in [2.75, 3.05) is 6.61 Å². The molecule has 2 aromatic rings. The van der Waals surface area contributed by atoms with Crippen LogP contribution in [-0.4, -0.2) is 17.5 Å². The molecule has 0 radical (unpaired) electrons. The molecule has 0 amide bonds. The first-order valence-electron chi connectivity index (χ1n) is 6.28. The summed E-state index contributed by atoms with van der Waals surface area (Å²) in [4.78, 5) is 12.2. The van der Waals surface area contributed by atoms with E-state index in [1.54, 1.807) is 36.4 Å². The van der Waals surface area contributed by atoms with Gasteiger partial charge in [0.1, 0.15) is 11.5 Å². The summed E-state index contributed by atoms with van der Waals surface area (Å²) >= 11 is 0. The Kier molecular flexibility index (Phi) is 4.18. The minimum atomic E-state index is -0.194. The van der Waals surface area contributed by atoms with Gasteiger partial charge in [-0.25, -0.2) is 0 Å². The monoisotopic (exact) mass is 256 g/mol. The average Bonchev–Trinajstić information content (AvgIpc) is 2.45. The minimum absolute atomic E-state index is 0.0533. The summed E-state index contributed by atoms with van der Waals surface area (Å²) in [5, 5.41) is 9.92. The number of carbonyl (C=O) groups excluding carboxylic acids is 1. The second-order valence-electron chi connectivity index (χ2n) is 4.22. The summed E-state index contributed by atoms with van der Waals surface area (Å²) in [5.41, 5.74) is 0.843. The number of hydrogen-bond donors (Lipinski definition) is 1. The van der Waals surface area contributed by atoms with Crippen molar-refractivity contribution in [1.82, 2.24) is 0 Å². The van der Waals surface area contributed by atoms with Gasteiger partial charge in [0.25, 0.3) is 0 Å². The molecule has 2 aromatic carbocycles. The number of carbonyl (C=O) groups is 1. The van der Waals surface area contributed by atoms with Crippen molar-refractivity contribution in [1.29, 1.82) is 0 Å². The van der Waals surface area contributed by atoms with Crippen LogP contribution >= 0.6 is 0 Å². The molecule has 0 spiro atoms. The van der Waals surface area contributed by atoms with E-state index in [0.29, 0.717) is 17.9 Å². The van der Waals surface area contributed by atoms with Gasteiger partial charge in [-0.3, -0.25) is 4.79 Å². The van der Waals surface area contributed by atoms with Gasteiger partial charge in [0.15, 0.2) is 5.78 Å². The van der Waals surface area contributed by atoms with E-state index in [1.807, 2.05) is 13.0 Å². The standard InChI is InChI=1S/C16H16O3/c1-2-10-19-13-8-9-14(15(17)11-13)16(18)12-6-4-3-5-7-12/h3-9,11,17H,2,10H2,1H3. The number of hydrogen-bond acceptors (Lipinski definition) is 3. The summed E-state index contributed by atoms with van der Waals surface area (Å²) < 4.78 is 5.41. The highest BCUT2D eigenvalue weighted by Crippen LogP contribution is 2.25. The zero-order chi connectivity index (χ0) is 13.7. The largest absolute Gasteiger partial charge is 0.507 e. The number of phenolic OH excluding ortho intramolecular Hbond substituents is 1. The van der Waals surface area contributed by atoms with Crippen LogP contribution in [0.25, 0.3) is 0 Å². The van der Waals surface area contributed by atoms with Crippen LogP contribution in [0.2, 0.25) is 0 Å². The van der Waals surface area contributed by atoms with Crippen LogP contribution < -0.4 is 4.74 Å². The van der Waals surface area contributed by atoms with Crippen molar-refractivity contribution in [2.45, 2.75) is 13.3 Å². The molecule has 3 nitrogen and oxygen atoms in total. The summed E-state index contributed by atoms with van der Waals surface area (Å²) in [6.07, 6.45) is 0.894. The van der Waals surface area contributed by atoms with Crippen molar-refractivity contribution < 1.29 is 14.6 Å². The second-order valence-corrected chi connectivity index (χ2v) is 4.22. The highest BCUT2D eigenvalue weighted by atomic mass is 16.5. The number of benzene rings is 2. The van der Waals surface area contributed by atoms with Gasteiger partial charge in [-0.15, -0.1) is 0 Å². The third-order valence-corrected chi connectivity index (χ3v) is 2.72. The molecule has 19 heavy (non-hydrogen) atoms. The van der Waals surface area contributed by atoms with Gasteiger partial charge in [-0.2, -0.15) is 0 Å². The van der Waals surface area contributed by atoms with Crippen LogP contribution in [0.4, 0.5) is 0 Å². The number of ketones is 1. The lowest BCUT2D eigenvalue weighted by molar-refractivity contribution is 0.103. The molecule has 98 valence electrons. The van der Waals surface area contributed by atoms with E-state index in [0.717, 1.165) is 6.42 Å². The lowest BCUT2D eigenvalue weighted by Gasteiger charge is -2.08. The molecule has 0 unspecified atom stereocenters. The molecule has 0 bridgehead atoms. The van der Waals surface area contributed by atoms with Crippen molar-refractivity contribution >= 4 is 5.78 Å². The molecule has 0 aliphatic carbocycles. The molecule has 1 N–H and O–H groups in total. The first-order valence-corrected chi connectivity index (χ1v) is 6.28. The van der Waals surface area contributed by atoms with Crippen LogP contribution in [0.3, 0.4) is 0 Å². The summed E-state index contributed by atoms with van der Waals surface area (Å²) in [7, 11) is 0. The Labute approximate surface area is 112 Å². The van der Waals surface area contributed by atoms with Crippen molar-refractivity contribution in [3.8, 4) is 11.5 Å². The van der Waals surface area contributed by atoms with Gasteiger partial charge in [0.2, 0.25) is 0 Å². The number of aromatic hydroxyl groups is 1. The zero-order valence-corrected chi connectivity index (χ0v) is 10.8. The smallest absolute Gasteiger partial charge is 0.196 e. The Morgan fingerprint density at radius 3 is 2.53 bits per heavy atom. The van der Waals surface area contributed by atoms with Crippen molar-refractivity contribution in [3.63, 3.8) is 0 Å². The normalized spacial score (nSPS) is 10.2. The van der Waals surface area contributed by atoms with Gasteiger partial charge >= 0.3 is 0 Å². The fourth-order valence-corrected chi connectivity index (χ4v) is 1.76. The predicted molar refractivity (Wildman–Crippen MR) is 73.8 cm³/mol. The number of phenols is 1. The van der Waals surface area contributed by atoms with Gasteiger partial charge in [-0.05, 0) is 18.6 Å². The minimum Gasteiger partial charge on any atom is -0.507 e. The highest BCUT2D eigenvalue weighted by Gasteiger charge is 2.13. The molecule has 3 heteroatoms. The molecule has 0 heterocycles. The number of rotatable bonds is 5. The lowest BCUT2D eigenvalue weighted by atomic mass is 10.0. The molecule has 0 atom stereocenters. The molecule has 0 aliphatic rings. The zero-order valence-electron chi connectivity index (χ0n) is 10.8. The SMILES string of the molecule is CCCOc1ccc(C(=O)c2ccccc2)c(O)c1. The summed E-state index contributed by atoms with van der Waals surface area (Å²) in [5.74, 6) is 0.326. The molecule has 0 fully saturated rings. The molecule has 0 aliphatic heterocycles. The maximum absolute atomic E-state index is 12.2. The Hall–Kier alpha value is -2.29. The summed E-state index contributed by atoms with van der Waals surface area (Å²) in [6, 6.07) is 13.7. The average molecular weight is 256 g/mol. The van der Waals surface area contributed by atoms with Crippen LogP contribution in [0, 0.1) is 0 Å². The number of ether oxygens (including phenoxy) is 1. The van der Waals surface area contributed by atoms with E-state index in [4.69, 9.17) is 4.74 Å². The van der Waals surface area contributed by atoms with Gasteiger partial charge < -0.3 is 9.84 Å². The van der Waals surface area contributed by atoms with Crippen molar-refractivity contribution in [3.05, 3.63) is 59.7 Å². The molecule has 0 saturated carbocycles. The highest BCUT2D eigenvalue weighted by molar-refractivity contribution is 6.10. The molecule has 0 aromatic heterocycles. The van der Waals surface area contributed by atoms with Crippen molar-refractivity contribution in [2.24, 2.45) is 0 Å². The van der Waals surface area contributed by atoms with E-state index < -0.39 is 0 Å². The molecular formula is C16H16O3. The van der Waals surface area contributed by atoms with Gasteiger partial charge in [0, 0.05) is 11.6 Å². The summed E-state index contributed by atoms with van der Waals surface area (Å²) in [6.45, 7) is 2.60. The fourth-order valence-electron chi connectivity index (χ4n) is 1.76. The van der Waals surface area contributed by atoms with E-state index >= 15 is 0 Å². The third-order valence-electron chi connectivity index (χ3n) is 2.72. The first-order chi connectivity index (χ1) is 9.22. The Balaban J connectivity index is 2.24. The Bertz CT molecular complexity index is 561. The van der Waals surface area contributed by atoms with E-state index in [2.05, 4.69) is 0 Å². The third kappa shape index (κ3) is 3.13. The topological polar surface area (TPSA) is 46.5 Å². The lowest BCUT2D eigenvalue weighted by Crippen LogP contribution is -2.02. The van der Waals surface area contributed by atoms with E-state index in [9.17, 15) is 9.90 Å². The van der Waals surface area contributed by atoms with E-state index in [-0.39, 0.29) is 17.1 Å². The molecular weight excluding hydrogens is 240 g/mol. The van der Waals surface area contributed by atoms with Crippen LogP contribution in [-0.2, 0) is 0 Å².